The molecule has 3 aromatic rings. The molecule has 0 N–H and O–H groups in total. The highest BCUT2D eigenvalue weighted by Gasteiger charge is 2.09. The van der Waals surface area contributed by atoms with E-state index < -0.39 is 0 Å². The fourth-order valence-electron chi connectivity index (χ4n) is 2.53. The first-order valence-electron chi connectivity index (χ1n) is 7.27. The molecule has 0 spiro atoms. The van der Waals surface area contributed by atoms with E-state index in [9.17, 15) is 0 Å². The molecule has 0 aliphatic carbocycles. The number of hydrogen-bond acceptors (Lipinski definition) is 3. The van der Waals surface area contributed by atoms with Crippen LogP contribution in [0.25, 0.3) is 18.8 Å². The summed E-state index contributed by atoms with van der Waals surface area (Å²) in [6.45, 7) is 2.28. The van der Waals surface area contributed by atoms with Gasteiger partial charge in [0, 0.05) is 15.0 Å². The first-order valence-corrected chi connectivity index (χ1v) is 9.78. The lowest BCUT2D eigenvalue weighted by Gasteiger charge is -1.99. The SMILES string of the molecule is CCCCCCCCc1cc2sc3sccc3c2s1. The average Bonchev–Trinajstić information content (AvgIpc) is 3.05. The van der Waals surface area contributed by atoms with Gasteiger partial charge in [0.05, 0.1) is 8.71 Å². The van der Waals surface area contributed by atoms with Gasteiger partial charge in [-0.3, -0.25) is 0 Å². The van der Waals surface area contributed by atoms with Gasteiger partial charge in [-0.2, -0.15) is 0 Å². The van der Waals surface area contributed by atoms with E-state index >= 15 is 0 Å². The molecule has 0 bridgehead atoms. The topological polar surface area (TPSA) is 0 Å². The Morgan fingerprint density at radius 3 is 2.74 bits per heavy atom. The van der Waals surface area contributed by atoms with Crippen LogP contribution in [0.5, 0.6) is 0 Å². The summed E-state index contributed by atoms with van der Waals surface area (Å²) < 4.78 is 4.53. The Morgan fingerprint density at radius 2 is 1.84 bits per heavy atom. The van der Waals surface area contributed by atoms with E-state index in [0.717, 1.165) is 0 Å². The Bertz CT molecular complexity index is 641. The van der Waals surface area contributed by atoms with Crippen molar-refractivity contribution in [2.24, 2.45) is 0 Å². The minimum atomic E-state index is 1.28. The van der Waals surface area contributed by atoms with Crippen molar-refractivity contribution in [1.29, 1.82) is 0 Å². The molecule has 0 saturated heterocycles. The molecule has 0 nitrogen and oxygen atoms in total. The molecule has 0 radical (unpaired) electrons. The molecule has 0 atom stereocenters. The van der Waals surface area contributed by atoms with E-state index in [1.54, 1.807) is 4.88 Å². The van der Waals surface area contributed by atoms with Crippen LogP contribution in [0.15, 0.2) is 17.5 Å². The fourth-order valence-corrected chi connectivity index (χ4v) is 6.25. The van der Waals surface area contributed by atoms with Crippen molar-refractivity contribution in [3.05, 3.63) is 22.4 Å². The van der Waals surface area contributed by atoms with Crippen molar-refractivity contribution in [2.45, 2.75) is 51.9 Å². The standard InChI is InChI=1S/C16H20S3/c1-2-3-4-5-6-7-8-12-11-14-15(18-12)13-9-10-17-16(13)19-14/h9-11H,2-8H2,1H3. The molecule has 0 aliphatic rings. The van der Waals surface area contributed by atoms with Crippen LogP contribution in [0.2, 0.25) is 0 Å². The zero-order chi connectivity index (χ0) is 13.1. The average molecular weight is 309 g/mol. The third kappa shape index (κ3) is 3.04. The van der Waals surface area contributed by atoms with Crippen LogP contribution in [0, 0.1) is 0 Å². The Labute approximate surface area is 127 Å². The zero-order valence-corrected chi connectivity index (χ0v) is 13.9. The second-order valence-electron chi connectivity index (χ2n) is 5.15. The van der Waals surface area contributed by atoms with E-state index in [2.05, 4.69) is 24.4 Å². The number of rotatable bonds is 7. The number of aryl methyl sites for hydroxylation is 1. The Balaban J connectivity index is 1.57. The third-order valence-electron chi connectivity index (χ3n) is 3.60. The summed E-state index contributed by atoms with van der Waals surface area (Å²) in [7, 11) is 0. The zero-order valence-electron chi connectivity index (χ0n) is 11.4. The molecule has 0 aromatic carbocycles. The van der Waals surface area contributed by atoms with Gasteiger partial charge in [0.15, 0.2) is 0 Å². The van der Waals surface area contributed by atoms with Gasteiger partial charge in [-0.25, -0.2) is 0 Å². The Morgan fingerprint density at radius 1 is 1.00 bits per heavy atom. The molecule has 0 saturated carbocycles. The number of hydrogen-bond donors (Lipinski definition) is 0. The van der Waals surface area contributed by atoms with Gasteiger partial charge < -0.3 is 0 Å². The van der Waals surface area contributed by atoms with Crippen LogP contribution in [0.3, 0.4) is 0 Å². The van der Waals surface area contributed by atoms with E-state index in [1.807, 2.05) is 34.0 Å². The predicted octanol–water partition coefficient (Wildman–Crippen LogP) is 7.08. The van der Waals surface area contributed by atoms with Gasteiger partial charge in [0.25, 0.3) is 0 Å². The van der Waals surface area contributed by atoms with Crippen molar-refractivity contribution < 1.29 is 0 Å². The molecule has 0 fully saturated rings. The van der Waals surface area contributed by atoms with Crippen LogP contribution < -0.4 is 0 Å². The maximum atomic E-state index is 2.43. The van der Waals surface area contributed by atoms with Crippen molar-refractivity contribution in [1.82, 2.24) is 0 Å². The first kappa shape index (κ1) is 13.6. The summed E-state index contributed by atoms with van der Waals surface area (Å²) in [6.07, 6.45) is 9.64. The lowest BCUT2D eigenvalue weighted by molar-refractivity contribution is 0.609. The summed E-state index contributed by atoms with van der Waals surface area (Å²) in [5, 5.41) is 3.71. The lowest BCUT2D eigenvalue weighted by atomic mass is 10.1. The molecule has 102 valence electrons. The summed E-state index contributed by atoms with van der Waals surface area (Å²) in [4.78, 5) is 1.59. The molecule has 3 rings (SSSR count). The molecule has 0 amide bonds. The smallest absolute Gasteiger partial charge is 0.0885 e. The van der Waals surface area contributed by atoms with Gasteiger partial charge >= 0.3 is 0 Å². The quantitative estimate of drug-likeness (QED) is 0.409. The van der Waals surface area contributed by atoms with Crippen molar-refractivity contribution >= 4 is 52.8 Å². The molecular formula is C16H20S3. The molecule has 3 heteroatoms. The molecular weight excluding hydrogens is 288 g/mol. The van der Waals surface area contributed by atoms with E-state index in [1.165, 1.54) is 63.7 Å². The van der Waals surface area contributed by atoms with Crippen LogP contribution in [0.4, 0.5) is 0 Å². The monoisotopic (exact) mass is 308 g/mol. The van der Waals surface area contributed by atoms with Gasteiger partial charge in [0.1, 0.15) is 0 Å². The van der Waals surface area contributed by atoms with Crippen LogP contribution in [-0.4, -0.2) is 0 Å². The lowest BCUT2D eigenvalue weighted by Crippen LogP contribution is -1.82. The molecule has 0 aliphatic heterocycles. The number of fused-ring (bicyclic) bond motifs is 3. The summed E-state index contributed by atoms with van der Waals surface area (Å²) in [5.74, 6) is 0. The largest absolute Gasteiger partial charge is 0.139 e. The van der Waals surface area contributed by atoms with E-state index in [0.29, 0.717) is 0 Å². The van der Waals surface area contributed by atoms with Crippen LogP contribution in [0.1, 0.15) is 50.3 Å². The highest BCUT2D eigenvalue weighted by atomic mass is 32.2. The second kappa shape index (κ2) is 6.38. The van der Waals surface area contributed by atoms with Crippen molar-refractivity contribution in [3.63, 3.8) is 0 Å². The molecule has 3 aromatic heterocycles. The third-order valence-corrected chi connectivity index (χ3v) is 7.15. The Kier molecular flexibility index (Phi) is 4.57. The van der Waals surface area contributed by atoms with Crippen molar-refractivity contribution in [3.8, 4) is 0 Å². The summed E-state index contributed by atoms with van der Waals surface area (Å²) in [5.41, 5.74) is 0. The highest BCUT2D eigenvalue weighted by molar-refractivity contribution is 7.43. The minimum absolute atomic E-state index is 1.28. The Hall–Kier alpha value is -0.380. The summed E-state index contributed by atoms with van der Waals surface area (Å²) in [6, 6.07) is 4.72. The van der Waals surface area contributed by atoms with Crippen molar-refractivity contribution in [2.75, 3.05) is 0 Å². The van der Waals surface area contributed by atoms with E-state index in [4.69, 9.17) is 0 Å². The normalized spacial score (nSPS) is 11.8. The fraction of sp³-hybridized carbons (Fsp3) is 0.500. The predicted molar refractivity (Wildman–Crippen MR) is 92.2 cm³/mol. The van der Waals surface area contributed by atoms with Gasteiger partial charge in [-0.1, -0.05) is 39.0 Å². The maximum absolute atomic E-state index is 2.43. The molecule has 0 unspecified atom stereocenters. The highest BCUT2D eigenvalue weighted by Crippen LogP contribution is 2.42. The van der Waals surface area contributed by atoms with Gasteiger partial charge in [0.2, 0.25) is 0 Å². The summed E-state index contributed by atoms with van der Waals surface area (Å²) >= 11 is 5.87. The second-order valence-corrected chi connectivity index (χ2v) is 8.51. The van der Waals surface area contributed by atoms with Crippen LogP contribution >= 0.6 is 34.0 Å². The minimum Gasteiger partial charge on any atom is -0.139 e. The van der Waals surface area contributed by atoms with E-state index in [-0.39, 0.29) is 0 Å². The van der Waals surface area contributed by atoms with Gasteiger partial charge in [-0.05, 0) is 30.4 Å². The number of thiophene rings is 3. The first-order chi connectivity index (χ1) is 9.38. The molecule has 19 heavy (non-hydrogen) atoms. The molecule has 3 heterocycles. The van der Waals surface area contributed by atoms with Crippen LogP contribution in [-0.2, 0) is 6.42 Å². The van der Waals surface area contributed by atoms with Gasteiger partial charge in [-0.15, -0.1) is 34.0 Å². The number of unbranched alkanes of at least 4 members (excludes halogenated alkanes) is 5. The maximum Gasteiger partial charge on any atom is 0.0885 e.